The first kappa shape index (κ1) is 6.54. The van der Waals surface area contributed by atoms with Gasteiger partial charge in [0.15, 0.2) is 0 Å². The summed E-state index contributed by atoms with van der Waals surface area (Å²) in [5.74, 6) is 0. The molecule has 0 fully saturated rings. The van der Waals surface area contributed by atoms with Crippen molar-refractivity contribution in [3.63, 3.8) is 0 Å². The molecule has 0 spiro atoms. The van der Waals surface area contributed by atoms with E-state index in [1.165, 1.54) is 0 Å². The Hall–Kier alpha value is -1.16. The Morgan fingerprint density at radius 2 is 2.45 bits per heavy atom. The molecular weight excluding hydrogens is 158 g/mol. The molecule has 2 aromatic rings. The summed E-state index contributed by atoms with van der Waals surface area (Å²) >= 11 is 4.90. The number of aryl methyl sites for hydroxylation is 1. The standard InChI is InChI=1S/C7H7N3S/c1-5-3-8-6-2-7(11)9-4-10(5)6/h2-4,8H,1H3. The van der Waals surface area contributed by atoms with Gasteiger partial charge in [-0.25, -0.2) is 4.98 Å². The Morgan fingerprint density at radius 3 is 3.27 bits per heavy atom. The summed E-state index contributed by atoms with van der Waals surface area (Å²) in [5.41, 5.74) is 2.12. The first-order valence-electron chi connectivity index (χ1n) is 3.30. The van der Waals surface area contributed by atoms with E-state index in [1.54, 1.807) is 6.33 Å². The predicted molar refractivity (Wildman–Crippen MR) is 45.1 cm³/mol. The maximum Gasteiger partial charge on any atom is 0.131 e. The van der Waals surface area contributed by atoms with E-state index >= 15 is 0 Å². The van der Waals surface area contributed by atoms with Crippen LogP contribution in [0, 0.1) is 11.6 Å². The number of imidazole rings is 1. The van der Waals surface area contributed by atoms with Crippen LogP contribution in [-0.2, 0) is 0 Å². The van der Waals surface area contributed by atoms with Gasteiger partial charge in [-0.3, -0.25) is 4.40 Å². The summed E-state index contributed by atoms with van der Waals surface area (Å²) in [5, 5.41) is 0. The molecule has 1 N–H and O–H groups in total. The van der Waals surface area contributed by atoms with Crippen molar-refractivity contribution in [3.05, 3.63) is 28.9 Å². The van der Waals surface area contributed by atoms with Crippen molar-refractivity contribution < 1.29 is 0 Å². The smallest absolute Gasteiger partial charge is 0.131 e. The van der Waals surface area contributed by atoms with Gasteiger partial charge in [-0.15, -0.1) is 0 Å². The molecule has 0 aliphatic heterocycles. The number of H-pyrrole nitrogens is 1. The Bertz CT molecular complexity index is 440. The number of aromatic nitrogens is 3. The van der Waals surface area contributed by atoms with E-state index in [2.05, 4.69) is 9.97 Å². The van der Waals surface area contributed by atoms with Crippen LogP contribution in [0.3, 0.4) is 0 Å². The molecule has 0 bridgehead atoms. The van der Waals surface area contributed by atoms with Gasteiger partial charge in [-0.05, 0) is 6.92 Å². The number of nitrogens with zero attached hydrogens (tertiary/aromatic N) is 2. The Kier molecular flexibility index (Phi) is 1.29. The van der Waals surface area contributed by atoms with Crippen molar-refractivity contribution in [1.29, 1.82) is 0 Å². The Morgan fingerprint density at radius 1 is 1.64 bits per heavy atom. The minimum Gasteiger partial charge on any atom is -0.346 e. The van der Waals surface area contributed by atoms with E-state index in [4.69, 9.17) is 12.2 Å². The van der Waals surface area contributed by atoms with Crippen LogP contribution < -0.4 is 0 Å². The molecule has 0 aromatic carbocycles. The van der Waals surface area contributed by atoms with Gasteiger partial charge in [0.1, 0.15) is 16.6 Å². The molecule has 4 heteroatoms. The lowest BCUT2D eigenvalue weighted by atomic mass is 10.5. The number of fused-ring (bicyclic) bond motifs is 1. The highest BCUT2D eigenvalue weighted by molar-refractivity contribution is 7.71. The van der Waals surface area contributed by atoms with Gasteiger partial charge in [-0.2, -0.15) is 0 Å². The third-order valence-corrected chi connectivity index (χ3v) is 1.85. The van der Waals surface area contributed by atoms with E-state index in [0.29, 0.717) is 4.64 Å². The zero-order valence-corrected chi connectivity index (χ0v) is 6.85. The molecule has 2 rings (SSSR count). The molecule has 2 aromatic heterocycles. The zero-order chi connectivity index (χ0) is 7.84. The van der Waals surface area contributed by atoms with E-state index in [9.17, 15) is 0 Å². The summed E-state index contributed by atoms with van der Waals surface area (Å²) in [6.45, 7) is 2.01. The van der Waals surface area contributed by atoms with Gasteiger partial charge in [0.25, 0.3) is 0 Å². The van der Waals surface area contributed by atoms with E-state index in [1.807, 2.05) is 23.6 Å². The van der Waals surface area contributed by atoms with Gasteiger partial charge in [-0.1, -0.05) is 12.2 Å². The van der Waals surface area contributed by atoms with Gasteiger partial charge in [0.05, 0.1) is 0 Å². The highest BCUT2D eigenvalue weighted by Crippen LogP contribution is 2.02. The lowest BCUT2D eigenvalue weighted by Gasteiger charge is -1.92. The van der Waals surface area contributed by atoms with Crippen molar-refractivity contribution in [3.8, 4) is 0 Å². The highest BCUT2D eigenvalue weighted by atomic mass is 32.1. The number of hydrogen-bond donors (Lipinski definition) is 1. The summed E-state index contributed by atoms with van der Waals surface area (Å²) < 4.78 is 2.57. The molecule has 0 saturated heterocycles. The largest absolute Gasteiger partial charge is 0.346 e. The van der Waals surface area contributed by atoms with Crippen LogP contribution in [-0.4, -0.2) is 14.4 Å². The molecule has 0 aliphatic rings. The molecular formula is C7H7N3S. The molecule has 0 atom stereocenters. The first-order chi connectivity index (χ1) is 5.27. The third-order valence-electron chi connectivity index (χ3n) is 1.63. The summed E-state index contributed by atoms with van der Waals surface area (Å²) in [6, 6.07) is 1.84. The van der Waals surface area contributed by atoms with Gasteiger partial charge < -0.3 is 4.98 Å². The highest BCUT2D eigenvalue weighted by Gasteiger charge is 1.94. The molecule has 0 unspecified atom stereocenters. The van der Waals surface area contributed by atoms with Crippen molar-refractivity contribution in [1.82, 2.24) is 14.4 Å². The number of rotatable bonds is 0. The second-order valence-electron chi connectivity index (χ2n) is 2.41. The first-order valence-corrected chi connectivity index (χ1v) is 3.70. The van der Waals surface area contributed by atoms with Crippen molar-refractivity contribution in [2.75, 3.05) is 0 Å². The van der Waals surface area contributed by atoms with Crippen LogP contribution in [0.5, 0.6) is 0 Å². The molecule has 0 radical (unpaired) electrons. The summed E-state index contributed by atoms with van der Waals surface area (Å²) in [6.07, 6.45) is 3.65. The van der Waals surface area contributed by atoms with Crippen LogP contribution >= 0.6 is 12.2 Å². The minimum absolute atomic E-state index is 0.617. The minimum atomic E-state index is 0.617. The van der Waals surface area contributed by atoms with Crippen LogP contribution in [0.1, 0.15) is 5.69 Å². The fourth-order valence-electron chi connectivity index (χ4n) is 1.04. The van der Waals surface area contributed by atoms with E-state index in [-0.39, 0.29) is 0 Å². The maximum atomic E-state index is 4.90. The Labute approximate surface area is 68.7 Å². The molecule has 56 valence electrons. The molecule has 0 aliphatic carbocycles. The number of nitrogens with one attached hydrogen (secondary N) is 1. The number of hydrogen-bond acceptors (Lipinski definition) is 2. The molecule has 0 amide bonds. The quantitative estimate of drug-likeness (QED) is 0.603. The Balaban J connectivity index is 2.96. The van der Waals surface area contributed by atoms with Crippen molar-refractivity contribution in [2.24, 2.45) is 0 Å². The second-order valence-corrected chi connectivity index (χ2v) is 2.83. The summed E-state index contributed by atoms with van der Waals surface area (Å²) in [7, 11) is 0. The average molecular weight is 165 g/mol. The number of aromatic amines is 1. The van der Waals surface area contributed by atoms with Gasteiger partial charge >= 0.3 is 0 Å². The fraction of sp³-hybridized carbons (Fsp3) is 0.143. The van der Waals surface area contributed by atoms with Crippen LogP contribution in [0.2, 0.25) is 0 Å². The van der Waals surface area contributed by atoms with E-state index < -0.39 is 0 Å². The van der Waals surface area contributed by atoms with Crippen molar-refractivity contribution in [2.45, 2.75) is 6.92 Å². The molecule has 0 saturated carbocycles. The lowest BCUT2D eigenvalue weighted by molar-refractivity contribution is 1.03. The lowest BCUT2D eigenvalue weighted by Crippen LogP contribution is -1.88. The fourth-order valence-corrected chi connectivity index (χ4v) is 1.20. The molecule has 3 nitrogen and oxygen atoms in total. The zero-order valence-electron chi connectivity index (χ0n) is 6.03. The molecule has 11 heavy (non-hydrogen) atoms. The maximum absolute atomic E-state index is 4.90. The second kappa shape index (κ2) is 2.17. The SMILES string of the molecule is Cc1c[nH]c2cc(=S)ncn12. The monoisotopic (exact) mass is 165 g/mol. The van der Waals surface area contributed by atoms with Crippen LogP contribution in [0.15, 0.2) is 18.6 Å². The van der Waals surface area contributed by atoms with Gasteiger partial charge in [0.2, 0.25) is 0 Å². The van der Waals surface area contributed by atoms with Crippen LogP contribution in [0.25, 0.3) is 5.65 Å². The third kappa shape index (κ3) is 0.952. The predicted octanol–water partition coefficient (Wildman–Crippen LogP) is 1.70. The van der Waals surface area contributed by atoms with Gasteiger partial charge in [0, 0.05) is 18.0 Å². The van der Waals surface area contributed by atoms with Crippen LogP contribution in [0.4, 0.5) is 0 Å². The summed E-state index contributed by atoms with van der Waals surface area (Å²) in [4.78, 5) is 7.08. The van der Waals surface area contributed by atoms with Crippen molar-refractivity contribution >= 4 is 17.9 Å². The normalized spacial score (nSPS) is 10.6. The average Bonchev–Trinajstić information content (AvgIpc) is 2.32. The van der Waals surface area contributed by atoms with E-state index in [0.717, 1.165) is 11.3 Å². The molecule has 2 heterocycles. The topological polar surface area (TPSA) is 33.1 Å².